The Morgan fingerprint density at radius 2 is 1.76 bits per heavy atom. The quantitative estimate of drug-likeness (QED) is 0.603. The number of aromatic nitrogens is 1. The highest BCUT2D eigenvalue weighted by atomic mass is 16.5. The molecule has 0 atom stereocenters. The number of allylic oxidation sites excluding steroid dienone is 1. The van der Waals surface area contributed by atoms with Crippen molar-refractivity contribution in [2.45, 2.75) is 26.2 Å². The summed E-state index contributed by atoms with van der Waals surface area (Å²) < 4.78 is 16.4. The van der Waals surface area contributed by atoms with Crippen molar-refractivity contribution in [3.63, 3.8) is 0 Å². The van der Waals surface area contributed by atoms with Crippen LogP contribution in [0.5, 0.6) is 17.2 Å². The fourth-order valence-electron chi connectivity index (χ4n) is 2.53. The Bertz CT molecular complexity index is 662. The summed E-state index contributed by atoms with van der Waals surface area (Å²) in [5.41, 5.74) is 1.87. The van der Waals surface area contributed by atoms with E-state index in [2.05, 4.69) is 29.1 Å². The van der Waals surface area contributed by atoms with Gasteiger partial charge in [0.15, 0.2) is 11.5 Å². The normalized spacial score (nSPS) is 10.7. The summed E-state index contributed by atoms with van der Waals surface area (Å²) in [7, 11) is 4.84. The van der Waals surface area contributed by atoms with E-state index in [1.165, 1.54) is 6.42 Å². The summed E-state index contributed by atoms with van der Waals surface area (Å²) in [6.07, 6.45) is 11.2. The van der Waals surface area contributed by atoms with E-state index in [4.69, 9.17) is 14.2 Å². The van der Waals surface area contributed by atoms with Gasteiger partial charge in [0.05, 0.1) is 38.9 Å². The molecule has 0 radical (unpaired) electrons. The first-order valence-corrected chi connectivity index (χ1v) is 8.41. The lowest BCUT2D eigenvalue weighted by Crippen LogP contribution is -2.09. The Balaban J connectivity index is 2.48. The van der Waals surface area contributed by atoms with Gasteiger partial charge in [0.1, 0.15) is 0 Å². The summed E-state index contributed by atoms with van der Waals surface area (Å²) in [6, 6.07) is 7.79. The number of benzene rings is 1. The lowest BCUT2D eigenvalue weighted by molar-refractivity contribution is 0.324. The summed E-state index contributed by atoms with van der Waals surface area (Å²) >= 11 is 0. The minimum atomic E-state index is 0.579. The maximum atomic E-state index is 5.48. The Hall–Kier alpha value is -2.69. The summed E-state index contributed by atoms with van der Waals surface area (Å²) in [6.45, 7) is 2.19. The first-order chi connectivity index (χ1) is 12.2. The number of methoxy groups -OCH3 is 3. The van der Waals surface area contributed by atoms with Crippen LogP contribution in [0.3, 0.4) is 0 Å². The van der Waals surface area contributed by atoms with Gasteiger partial charge in [0, 0.05) is 24.5 Å². The third-order valence-electron chi connectivity index (χ3n) is 3.83. The Kier molecular flexibility index (Phi) is 7.14. The van der Waals surface area contributed by atoms with Crippen LogP contribution in [0.2, 0.25) is 0 Å². The van der Waals surface area contributed by atoms with Gasteiger partial charge in [-0.2, -0.15) is 0 Å². The average Bonchev–Trinajstić information content (AvgIpc) is 2.67. The zero-order valence-electron chi connectivity index (χ0n) is 15.4. The van der Waals surface area contributed by atoms with Gasteiger partial charge in [-0.1, -0.05) is 25.8 Å². The molecule has 0 aliphatic rings. The van der Waals surface area contributed by atoms with Crippen LogP contribution < -0.4 is 19.1 Å². The van der Waals surface area contributed by atoms with Gasteiger partial charge in [-0.15, -0.1) is 0 Å². The molecule has 0 bridgehead atoms. The lowest BCUT2D eigenvalue weighted by Gasteiger charge is -2.23. The Labute approximate surface area is 149 Å². The second kappa shape index (κ2) is 9.57. The van der Waals surface area contributed by atoms with Gasteiger partial charge in [0.2, 0.25) is 5.75 Å². The van der Waals surface area contributed by atoms with Crippen LogP contribution >= 0.6 is 0 Å². The third-order valence-corrected chi connectivity index (χ3v) is 3.83. The molecule has 5 heteroatoms. The molecule has 2 aromatic rings. The zero-order valence-corrected chi connectivity index (χ0v) is 15.4. The maximum Gasteiger partial charge on any atom is 0.203 e. The number of rotatable bonds is 9. The number of nitrogens with zero attached hydrogens (tertiary/aromatic N) is 2. The van der Waals surface area contributed by atoms with E-state index in [9.17, 15) is 0 Å². The van der Waals surface area contributed by atoms with Crippen molar-refractivity contribution in [2.75, 3.05) is 26.2 Å². The first kappa shape index (κ1) is 18.6. The van der Waals surface area contributed by atoms with Crippen LogP contribution in [0, 0.1) is 0 Å². The number of ether oxygens (including phenoxy) is 3. The van der Waals surface area contributed by atoms with Gasteiger partial charge >= 0.3 is 0 Å². The molecule has 0 saturated carbocycles. The highest BCUT2D eigenvalue weighted by Gasteiger charge is 2.16. The molecule has 1 aromatic heterocycles. The molecule has 0 amide bonds. The molecular weight excluding hydrogens is 316 g/mol. The smallest absolute Gasteiger partial charge is 0.203 e. The van der Waals surface area contributed by atoms with Gasteiger partial charge < -0.3 is 19.1 Å². The molecule has 25 heavy (non-hydrogen) atoms. The molecule has 0 aliphatic carbocycles. The van der Waals surface area contributed by atoms with Gasteiger partial charge in [-0.25, -0.2) is 0 Å². The summed E-state index contributed by atoms with van der Waals surface area (Å²) in [5, 5.41) is 0. The highest BCUT2D eigenvalue weighted by Crippen LogP contribution is 2.42. The van der Waals surface area contributed by atoms with Crippen LogP contribution in [0.25, 0.3) is 0 Å². The van der Waals surface area contributed by atoms with E-state index in [0.717, 1.165) is 24.2 Å². The molecule has 134 valence electrons. The van der Waals surface area contributed by atoms with Crippen molar-refractivity contribution in [1.29, 1.82) is 0 Å². The molecule has 0 unspecified atom stereocenters. The predicted molar refractivity (Wildman–Crippen MR) is 101 cm³/mol. The SMILES string of the molecule is CCCCC=CN(c1cccnc1)c1cc(OC)c(OC)c(OC)c1. The van der Waals surface area contributed by atoms with Crippen LogP contribution in [0.4, 0.5) is 11.4 Å². The zero-order chi connectivity index (χ0) is 18.1. The molecule has 0 spiro atoms. The second-order valence-corrected chi connectivity index (χ2v) is 5.49. The molecule has 0 fully saturated rings. The van der Waals surface area contributed by atoms with Gasteiger partial charge in [-0.3, -0.25) is 4.98 Å². The van der Waals surface area contributed by atoms with Crippen molar-refractivity contribution in [3.8, 4) is 17.2 Å². The monoisotopic (exact) mass is 342 g/mol. The van der Waals surface area contributed by atoms with E-state index in [0.29, 0.717) is 17.2 Å². The molecule has 0 N–H and O–H groups in total. The van der Waals surface area contributed by atoms with Gasteiger partial charge in [-0.05, 0) is 18.6 Å². The van der Waals surface area contributed by atoms with Crippen LogP contribution in [-0.4, -0.2) is 26.3 Å². The first-order valence-electron chi connectivity index (χ1n) is 8.41. The molecule has 1 aromatic carbocycles. The molecular formula is C20H26N2O3. The minimum absolute atomic E-state index is 0.579. The summed E-state index contributed by atoms with van der Waals surface area (Å²) in [5.74, 6) is 1.82. The van der Waals surface area contributed by atoms with Crippen LogP contribution in [0.1, 0.15) is 26.2 Å². The lowest BCUT2D eigenvalue weighted by atomic mass is 10.2. The maximum absolute atomic E-state index is 5.48. The van der Waals surface area contributed by atoms with E-state index in [1.807, 2.05) is 30.5 Å². The molecule has 5 nitrogen and oxygen atoms in total. The number of anilines is 2. The Morgan fingerprint density at radius 3 is 2.28 bits per heavy atom. The third kappa shape index (κ3) is 4.66. The van der Waals surface area contributed by atoms with E-state index < -0.39 is 0 Å². The van der Waals surface area contributed by atoms with Gasteiger partial charge in [0.25, 0.3) is 0 Å². The molecule has 0 aliphatic heterocycles. The summed E-state index contributed by atoms with van der Waals surface area (Å²) in [4.78, 5) is 6.29. The van der Waals surface area contributed by atoms with Crippen molar-refractivity contribution >= 4 is 11.4 Å². The van der Waals surface area contributed by atoms with E-state index in [-0.39, 0.29) is 0 Å². The van der Waals surface area contributed by atoms with Crippen LogP contribution in [-0.2, 0) is 0 Å². The second-order valence-electron chi connectivity index (χ2n) is 5.49. The topological polar surface area (TPSA) is 43.8 Å². The molecule has 1 heterocycles. The number of hydrogen-bond donors (Lipinski definition) is 0. The van der Waals surface area contributed by atoms with Crippen molar-refractivity contribution in [3.05, 3.63) is 48.9 Å². The number of pyridine rings is 1. The van der Waals surface area contributed by atoms with Crippen LogP contribution in [0.15, 0.2) is 48.9 Å². The minimum Gasteiger partial charge on any atom is -0.493 e. The largest absolute Gasteiger partial charge is 0.493 e. The number of unbranched alkanes of at least 4 members (excludes halogenated alkanes) is 2. The number of hydrogen-bond acceptors (Lipinski definition) is 5. The standard InChI is InChI=1S/C20H26N2O3/c1-5-6-7-8-12-22(16-10-9-11-21-15-16)17-13-18(23-2)20(25-4)19(14-17)24-3/h8-15H,5-7H2,1-4H3. The van der Waals surface area contributed by atoms with Crippen molar-refractivity contribution in [1.82, 2.24) is 4.98 Å². The predicted octanol–water partition coefficient (Wildman–Crippen LogP) is 4.95. The fraction of sp³-hybridized carbons (Fsp3) is 0.350. The van der Waals surface area contributed by atoms with E-state index >= 15 is 0 Å². The molecule has 0 saturated heterocycles. The van der Waals surface area contributed by atoms with Crippen molar-refractivity contribution in [2.24, 2.45) is 0 Å². The average molecular weight is 342 g/mol. The molecule has 2 rings (SSSR count). The highest BCUT2D eigenvalue weighted by molar-refractivity contribution is 5.71. The van der Waals surface area contributed by atoms with Crippen molar-refractivity contribution < 1.29 is 14.2 Å². The Morgan fingerprint density at radius 1 is 1.04 bits per heavy atom. The fourth-order valence-corrected chi connectivity index (χ4v) is 2.53. The van der Waals surface area contributed by atoms with E-state index in [1.54, 1.807) is 27.5 Å².